The molecule has 3 rings (SSSR count). The van der Waals surface area contributed by atoms with E-state index >= 15 is 0 Å². The number of esters is 1. The number of nitrogens with zero attached hydrogens (tertiary/aromatic N) is 4. The van der Waals surface area contributed by atoms with Crippen LogP contribution in [0.1, 0.15) is 30.1 Å². The van der Waals surface area contributed by atoms with Gasteiger partial charge in [-0.05, 0) is 30.9 Å². The zero-order valence-electron chi connectivity index (χ0n) is 15.7. The molecule has 3 heterocycles. The van der Waals surface area contributed by atoms with Crippen LogP contribution >= 0.6 is 0 Å². The van der Waals surface area contributed by atoms with Crippen LogP contribution in [0.3, 0.4) is 0 Å². The molecule has 1 amide bonds. The van der Waals surface area contributed by atoms with Gasteiger partial charge in [-0.15, -0.1) is 0 Å². The number of methoxy groups -OCH3 is 1. The molecule has 0 atom stereocenters. The maximum Gasteiger partial charge on any atom is 0.319 e. The Kier molecular flexibility index (Phi) is 6.08. The van der Waals surface area contributed by atoms with Gasteiger partial charge in [-0.2, -0.15) is 0 Å². The van der Waals surface area contributed by atoms with E-state index in [0.717, 1.165) is 57.9 Å². The monoisotopic (exact) mass is 360 g/mol. The van der Waals surface area contributed by atoms with Crippen LogP contribution in [-0.4, -0.2) is 79.6 Å². The molecule has 1 aromatic rings. The Balaban J connectivity index is 1.53. The molecule has 0 unspecified atom stereocenters. The second kappa shape index (κ2) is 8.49. The minimum Gasteiger partial charge on any atom is -0.468 e. The van der Waals surface area contributed by atoms with Crippen LogP contribution in [-0.2, 0) is 9.53 Å². The van der Waals surface area contributed by atoms with Crippen molar-refractivity contribution in [2.45, 2.75) is 19.8 Å². The van der Waals surface area contributed by atoms with E-state index in [4.69, 9.17) is 4.74 Å². The van der Waals surface area contributed by atoms with Gasteiger partial charge in [-0.3, -0.25) is 14.5 Å². The molecule has 1 aromatic heterocycles. The third-order valence-corrected chi connectivity index (χ3v) is 5.34. The van der Waals surface area contributed by atoms with Gasteiger partial charge >= 0.3 is 5.97 Å². The number of likely N-dealkylation sites (tertiary alicyclic amines) is 1. The summed E-state index contributed by atoms with van der Waals surface area (Å²) in [6.45, 7) is 7.45. The van der Waals surface area contributed by atoms with Crippen molar-refractivity contribution in [1.29, 1.82) is 0 Å². The zero-order chi connectivity index (χ0) is 18.5. The highest BCUT2D eigenvalue weighted by molar-refractivity contribution is 5.94. The molecule has 2 aliphatic heterocycles. The molecule has 2 saturated heterocycles. The second-order valence-electron chi connectivity index (χ2n) is 7.22. The van der Waals surface area contributed by atoms with Gasteiger partial charge in [0.15, 0.2) is 0 Å². The van der Waals surface area contributed by atoms with E-state index in [1.165, 1.54) is 7.11 Å². The molecular weight excluding hydrogens is 332 g/mol. The lowest BCUT2D eigenvalue weighted by atomic mass is 9.99. The average molecular weight is 360 g/mol. The number of rotatable bonds is 4. The number of anilines is 1. The van der Waals surface area contributed by atoms with E-state index in [1.54, 1.807) is 6.20 Å². The number of aromatic nitrogens is 1. The molecule has 2 aliphatic rings. The minimum absolute atomic E-state index is 0.0823. The number of carbonyl (C=O) groups excluding carboxylic acids is 2. The molecule has 142 valence electrons. The van der Waals surface area contributed by atoms with Gasteiger partial charge in [0.25, 0.3) is 5.91 Å². The molecule has 7 nitrogen and oxygen atoms in total. The minimum atomic E-state index is -0.202. The van der Waals surface area contributed by atoms with E-state index in [9.17, 15) is 9.59 Å². The SMILES string of the molecule is COC(=O)CN1CCN(c2ccc(C(=O)N3CCC(C)CC3)cn2)CC1. The fourth-order valence-electron chi connectivity index (χ4n) is 3.48. The lowest BCUT2D eigenvalue weighted by Crippen LogP contribution is -2.48. The van der Waals surface area contributed by atoms with E-state index in [1.807, 2.05) is 17.0 Å². The number of piperidine rings is 1. The van der Waals surface area contributed by atoms with Crippen LogP contribution in [0.5, 0.6) is 0 Å². The molecule has 26 heavy (non-hydrogen) atoms. The second-order valence-corrected chi connectivity index (χ2v) is 7.22. The summed E-state index contributed by atoms with van der Waals surface area (Å²) in [5.41, 5.74) is 0.660. The van der Waals surface area contributed by atoms with E-state index in [2.05, 4.69) is 21.7 Å². The number of hydrogen-bond donors (Lipinski definition) is 0. The first-order valence-electron chi connectivity index (χ1n) is 9.36. The molecule has 0 saturated carbocycles. The molecule has 0 aromatic carbocycles. The smallest absolute Gasteiger partial charge is 0.319 e. The molecule has 0 radical (unpaired) electrons. The Morgan fingerprint density at radius 2 is 1.81 bits per heavy atom. The summed E-state index contributed by atoms with van der Waals surface area (Å²) in [4.78, 5) is 34.6. The fraction of sp³-hybridized carbons (Fsp3) is 0.632. The van der Waals surface area contributed by atoms with Crippen molar-refractivity contribution in [2.75, 3.05) is 57.8 Å². The highest BCUT2D eigenvalue weighted by Gasteiger charge is 2.23. The van der Waals surface area contributed by atoms with Crippen molar-refractivity contribution < 1.29 is 14.3 Å². The van der Waals surface area contributed by atoms with Crippen molar-refractivity contribution in [2.24, 2.45) is 5.92 Å². The van der Waals surface area contributed by atoms with Crippen molar-refractivity contribution in [1.82, 2.24) is 14.8 Å². The maximum absolute atomic E-state index is 12.6. The summed E-state index contributed by atoms with van der Waals surface area (Å²) < 4.78 is 4.71. The largest absolute Gasteiger partial charge is 0.468 e. The Bertz CT molecular complexity index is 618. The molecule has 0 bridgehead atoms. The van der Waals surface area contributed by atoms with Crippen LogP contribution in [0.15, 0.2) is 18.3 Å². The zero-order valence-corrected chi connectivity index (χ0v) is 15.7. The van der Waals surface area contributed by atoms with E-state index in [0.29, 0.717) is 18.0 Å². The van der Waals surface area contributed by atoms with Gasteiger partial charge in [0.1, 0.15) is 5.82 Å². The van der Waals surface area contributed by atoms with Crippen LogP contribution < -0.4 is 4.90 Å². The first-order chi connectivity index (χ1) is 12.6. The van der Waals surface area contributed by atoms with E-state index in [-0.39, 0.29) is 11.9 Å². The third-order valence-electron chi connectivity index (χ3n) is 5.34. The van der Waals surface area contributed by atoms with Crippen LogP contribution in [0.2, 0.25) is 0 Å². The molecule has 0 aliphatic carbocycles. The molecule has 2 fully saturated rings. The highest BCUT2D eigenvalue weighted by Crippen LogP contribution is 2.19. The van der Waals surface area contributed by atoms with Crippen molar-refractivity contribution in [3.8, 4) is 0 Å². The van der Waals surface area contributed by atoms with Crippen molar-refractivity contribution in [3.05, 3.63) is 23.9 Å². The average Bonchev–Trinajstić information content (AvgIpc) is 2.68. The van der Waals surface area contributed by atoms with Gasteiger partial charge in [0.2, 0.25) is 0 Å². The van der Waals surface area contributed by atoms with Gasteiger partial charge in [-0.25, -0.2) is 4.98 Å². The highest BCUT2D eigenvalue weighted by atomic mass is 16.5. The Labute approximate surface area is 154 Å². The van der Waals surface area contributed by atoms with Gasteiger partial charge < -0.3 is 14.5 Å². The number of piperazine rings is 1. The standard InChI is InChI=1S/C19H28N4O3/c1-15-5-7-23(8-6-15)19(25)16-3-4-17(20-13-16)22-11-9-21(10-12-22)14-18(24)26-2/h3-4,13,15H,5-12,14H2,1-2H3. The predicted molar refractivity (Wildman–Crippen MR) is 99.2 cm³/mol. The summed E-state index contributed by atoms with van der Waals surface area (Å²) in [6, 6.07) is 3.80. The maximum atomic E-state index is 12.6. The summed E-state index contributed by atoms with van der Waals surface area (Å²) in [6.07, 6.45) is 3.84. The van der Waals surface area contributed by atoms with Crippen LogP contribution in [0.4, 0.5) is 5.82 Å². The van der Waals surface area contributed by atoms with Crippen LogP contribution in [0.25, 0.3) is 0 Å². The number of ether oxygens (including phenoxy) is 1. The topological polar surface area (TPSA) is 66.0 Å². The van der Waals surface area contributed by atoms with Crippen molar-refractivity contribution >= 4 is 17.7 Å². The molecule has 0 N–H and O–H groups in total. The van der Waals surface area contributed by atoms with Gasteiger partial charge in [-0.1, -0.05) is 6.92 Å². The molecular formula is C19H28N4O3. The summed E-state index contributed by atoms with van der Waals surface area (Å²) in [5, 5.41) is 0. The fourth-order valence-corrected chi connectivity index (χ4v) is 3.48. The van der Waals surface area contributed by atoms with Crippen molar-refractivity contribution in [3.63, 3.8) is 0 Å². The first-order valence-corrected chi connectivity index (χ1v) is 9.36. The summed E-state index contributed by atoms with van der Waals surface area (Å²) in [7, 11) is 1.41. The lowest BCUT2D eigenvalue weighted by molar-refractivity contribution is -0.142. The quantitative estimate of drug-likeness (QED) is 0.753. The number of amides is 1. The first kappa shape index (κ1) is 18.6. The van der Waals surface area contributed by atoms with Gasteiger partial charge in [0.05, 0.1) is 19.2 Å². The van der Waals surface area contributed by atoms with E-state index < -0.39 is 0 Å². The predicted octanol–water partition coefficient (Wildman–Crippen LogP) is 1.25. The number of hydrogen-bond acceptors (Lipinski definition) is 6. The van der Waals surface area contributed by atoms with Crippen LogP contribution in [0, 0.1) is 5.92 Å². The normalized spacial score (nSPS) is 19.5. The molecule has 0 spiro atoms. The van der Waals surface area contributed by atoms with Gasteiger partial charge in [0, 0.05) is 45.5 Å². The summed E-state index contributed by atoms with van der Waals surface area (Å²) >= 11 is 0. The third kappa shape index (κ3) is 4.52. The Morgan fingerprint density at radius 3 is 2.38 bits per heavy atom. The number of pyridine rings is 1. The summed E-state index contributed by atoms with van der Waals surface area (Å²) in [5.74, 6) is 1.47. The lowest BCUT2D eigenvalue weighted by Gasteiger charge is -2.34. The number of carbonyl (C=O) groups is 2. The Morgan fingerprint density at radius 1 is 1.12 bits per heavy atom. The molecule has 7 heteroatoms. The Hall–Kier alpha value is -2.15.